The van der Waals surface area contributed by atoms with Crippen LogP contribution in [-0.2, 0) is 0 Å². The number of fused-ring (bicyclic) bond motifs is 3. The first-order chi connectivity index (χ1) is 12.1. The van der Waals surface area contributed by atoms with Gasteiger partial charge in [0, 0.05) is 41.3 Å². The van der Waals surface area contributed by atoms with Gasteiger partial charge in [0.1, 0.15) is 0 Å². The molecular formula is C21H29N3O. The summed E-state index contributed by atoms with van der Waals surface area (Å²) in [6.07, 6.45) is 7.84. The Morgan fingerprint density at radius 3 is 2.60 bits per heavy atom. The van der Waals surface area contributed by atoms with E-state index < -0.39 is 0 Å². The van der Waals surface area contributed by atoms with Crippen molar-refractivity contribution in [3.8, 4) is 0 Å². The lowest BCUT2D eigenvalue weighted by atomic mass is 9.97. The monoisotopic (exact) mass is 339 g/mol. The zero-order valence-electron chi connectivity index (χ0n) is 15.5. The highest BCUT2D eigenvalue weighted by molar-refractivity contribution is 6.07. The Morgan fingerprint density at radius 2 is 1.92 bits per heavy atom. The van der Waals surface area contributed by atoms with Gasteiger partial charge in [-0.25, -0.2) is 0 Å². The van der Waals surface area contributed by atoms with Crippen molar-refractivity contribution in [3.05, 3.63) is 36.0 Å². The number of carbonyl (C=O) groups is 1. The minimum absolute atomic E-state index is 0.0900. The van der Waals surface area contributed by atoms with Gasteiger partial charge in [-0.15, -0.1) is 0 Å². The SMILES string of the molecule is CCC(C)n1cc(C(=O)NC2C[C@H]3CC[C@@H](C2)N3C)c2ccccc21. The molecule has 2 aromatic rings. The Hall–Kier alpha value is -1.81. The highest BCUT2D eigenvalue weighted by atomic mass is 16.1. The van der Waals surface area contributed by atoms with Crippen LogP contribution in [0, 0.1) is 0 Å². The van der Waals surface area contributed by atoms with E-state index in [0.29, 0.717) is 24.2 Å². The third-order valence-electron chi connectivity index (χ3n) is 6.48. The number of nitrogens with zero attached hydrogens (tertiary/aromatic N) is 2. The third-order valence-corrected chi connectivity index (χ3v) is 6.48. The molecule has 4 nitrogen and oxygen atoms in total. The largest absolute Gasteiger partial charge is 0.349 e. The Morgan fingerprint density at radius 1 is 1.24 bits per heavy atom. The van der Waals surface area contributed by atoms with Gasteiger partial charge >= 0.3 is 0 Å². The Kier molecular flexibility index (Phi) is 4.32. The van der Waals surface area contributed by atoms with E-state index in [1.54, 1.807) is 0 Å². The maximum atomic E-state index is 13.0. The summed E-state index contributed by atoms with van der Waals surface area (Å²) in [6.45, 7) is 4.40. The first kappa shape index (κ1) is 16.6. The average Bonchev–Trinajstić information content (AvgIpc) is 3.08. The van der Waals surface area contributed by atoms with E-state index in [2.05, 4.69) is 60.1 Å². The van der Waals surface area contributed by atoms with Crippen molar-refractivity contribution in [2.45, 2.75) is 70.1 Å². The average molecular weight is 339 g/mol. The second-order valence-corrected chi connectivity index (χ2v) is 7.92. The molecule has 2 fully saturated rings. The van der Waals surface area contributed by atoms with E-state index in [1.165, 1.54) is 12.8 Å². The number of para-hydroxylation sites is 1. The van der Waals surface area contributed by atoms with Crippen LogP contribution >= 0.6 is 0 Å². The summed E-state index contributed by atoms with van der Waals surface area (Å²) in [7, 11) is 2.24. The maximum Gasteiger partial charge on any atom is 0.253 e. The number of aromatic nitrogens is 1. The number of carbonyl (C=O) groups excluding carboxylic acids is 1. The fraction of sp³-hybridized carbons (Fsp3) is 0.571. The van der Waals surface area contributed by atoms with Crippen LogP contribution in [0.3, 0.4) is 0 Å². The molecule has 25 heavy (non-hydrogen) atoms. The summed E-state index contributed by atoms with van der Waals surface area (Å²) in [5.74, 6) is 0.0900. The van der Waals surface area contributed by atoms with Gasteiger partial charge in [-0.05, 0) is 52.1 Å². The zero-order valence-corrected chi connectivity index (χ0v) is 15.5. The third kappa shape index (κ3) is 2.86. The van der Waals surface area contributed by atoms with E-state index >= 15 is 0 Å². The van der Waals surface area contributed by atoms with Crippen molar-refractivity contribution in [2.24, 2.45) is 0 Å². The first-order valence-corrected chi connectivity index (χ1v) is 9.70. The second kappa shape index (κ2) is 6.49. The number of hydrogen-bond acceptors (Lipinski definition) is 2. The Balaban J connectivity index is 1.58. The number of piperidine rings is 1. The number of benzene rings is 1. The van der Waals surface area contributed by atoms with Gasteiger partial charge in [0.2, 0.25) is 0 Å². The van der Waals surface area contributed by atoms with Crippen LogP contribution in [0.15, 0.2) is 30.5 Å². The van der Waals surface area contributed by atoms with E-state index in [4.69, 9.17) is 0 Å². The molecule has 1 amide bonds. The quantitative estimate of drug-likeness (QED) is 0.915. The molecule has 134 valence electrons. The van der Waals surface area contributed by atoms with Crippen LogP contribution in [-0.4, -0.2) is 40.5 Å². The van der Waals surface area contributed by atoms with Gasteiger partial charge in [0.05, 0.1) is 5.56 Å². The summed E-state index contributed by atoms with van der Waals surface area (Å²) < 4.78 is 2.25. The minimum Gasteiger partial charge on any atom is -0.349 e. The molecule has 3 heterocycles. The van der Waals surface area contributed by atoms with Gasteiger partial charge < -0.3 is 14.8 Å². The molecular weight excluding hydrogens is 310 g/mol. The molecule has 2 unspecified atom stereocenters. The van der Waals surface area contributed by atoms with Gasteiger partial charge in [0.25, 0.3) is 5.91 Å². The molecule has 0 saturated carbocycles. The van der Waals surface area contributed by atoms with Gasteiger partial charge in [-0.1, -0.05) is 25.1 Å². The topological polar surface area (TPSA) is 37.3 Å². The first-order valence-electron chi connectivity index (χ1n) is 9.70. The summed E-state index contributed by atoms with van der Waals surface area (Å²) in [6, 6.07) is 10.3. The van der Waals surface area contributed by atoms with Crippen molar-refractivity contribution in [3.63, 3.8) is 0 Å². The highest BCUT2D eigenvalue weighted by Gasteiger charge is 2.39. The lowest BCUT2D eigenvalue weighted by molar-refractivity contribution is 0.0884. The predicted octanol–water partition coefficient (Wildman–Crippen LogP) is 3.97. The van der Waals surface area contributed by atoms with E-state index in [-0.39, 0.29) is 5.91 Å². The Labute approximate surface area is 150 Å². The molecule has 0 radical (unpaired) electrons. The summed E-state index contributed by atoms with van der Waals surface area (Å²) in [4.78, 5) is 15.5. The van der Waals surface area contributed by atoms with Crippen molar-refractivity contribution < 1.29 is 4.79 Å². The number of nitrogens with one attached hydrogen (secondary N) is 1. The van der Waals surface area contributed by atoms with Crippen LogP contribution < -0.4 is 5.32 Å². The lowest BCUT2D eigenvalue weighted by Gasteiger charge is -2.36. The molecule has 4 heteroatoms. The smallest absolute Gasteiger partial charge is 0.253 e. The van der Waals surface area contributed by atoms with Crippen molar-refractivity contribution in [2.75, 3.05) is 7.05 Å². The summed E-state index contributed by atoms with van der Waals surface area (Å²) >= 11 is 0. The molecule has 0 aliphatic carbocycles. The molecule has 2 bridgehead atoms. The fourth-order valence-corrected chi connectivity index (χ4v) is 4.74. The van der Waals surface area contributed by atoms with Crippen molar-refractivity contribution in [1.82, 2.24) is 14.8 Å². The fourth-order valence-electron chi connectivity index (χ4n) is 4.74. The molecule has 0 spiro atoms. The minimum atomic E-state index is 0.0900. The molecule has 2 saturated heterocycles. The number of rotatable bonds is 4. The number of hydrogen-bond donors (Lipinski definition) is 1. The molecule has 1 N–H and O–H groups in total. The summed E-state index contributed by atoms with van der Waals surface area (Å²) in [5, 5.41) is 4.41. The molecule has 2 aliphatic rings. The molecule has 1 aromatic heterocycles. The van der Waals surface area contributed by atoms with Crippen LogP contribution in [0.4, 0.5) is 0 Å². The van der Waals surface area contributed by atoms with Crippen LogP contribution in [0.5, 0.6) is 0 Å². The highest BCUT2D eigenvalue weighted by Crippen LogP contribution is 2.34. The van der Waals surface area contributed by atoms with Gasteiger partial charge in [-0.3, -0.25) is 4.79 Å². The molecule has 4 rings (SSSR count). The number of amides is 1. The van der Waals surface area contributed by atoms with E-state index in [0.717, 1.165) is 35.7 Å². The van der Waals surface area contributed by atoms with Gasteiger partial charge in [-0.2, -0.15) is 0 Å². The second-order valence-electron chi connectivity index (χ2n) is 7.92. The molecule has 4 atom stereocenters. The summed E-state index contributed by atoms with van der Waals surface area (Å²) in [5.41, 5.74) is 1.98. The van der Waals surface area contributed by atoms with Gasteiger partial charge in [0.15, 0.2) is 0 Å². The standard InChI is InChI=1S/C21H29N3O/c1-4-14(2)24-13-19(18-7-5-6-8-20(18)24)21(25)22-15-11-16-9-10-17(12-15)23(16)3/h5-8,13-17H,4,9-12H2,1-3H3,(H,22,25)/t14?,15?,16-,17+. The van der Waals surface area contributed by atoms with E-state index in [9.17, 15) is 4.79 Å². The van der Waals surface area contributed by atoms with Crippen LogP contribution in [0.1, 0.15) is 62.4 Å². The lowest BCUT2D eigenvalue weighted by Crippen LogP contribution is -2.48. The normalized spacial score (nSPS) is 27.6. The Bertz CT molecular complexity index is 767. The van der Waals surface area contributed by atoms with Crippen molar-refractivity contribution >= 4 is 16.8 Å². The molecule has 1 aromatic carbocycles. The zero-order chi connectivity index (χ0) is 17.6. The van der Waals surface area contributed by atoms with Crippen molar-refractivity contribution in [1.29, 1.82) is 0 Å². The van der Waals surface area contributed by atoms with E-state index in [1.807, 2.05) is 6.07 Å². The van der Waals surface area contributed by atoms with Crippen LogP contribution in [0.2, 0.25) is 0 Å². The predicted molar refractivity (Wildman–Crippen MR) is 102 cm³/mol. The van der Waals surface area contributed by atoms with Crippen LogP contribution in [0.25, 0.3) is 10.9 Å². The maximum absolute atomic E-state index is 13.0. The molecule has 2 aliphatic heterocycles.